The highest BCUT2D eigenvalue weighted by molar-refractivity contribution is 5.66. The van der Waals surface area contributed by atoms with Crippen LogP contribution in [0.25, 0.3) is 12.2 Å². The maximum absolute atomic E-state index is 3.15. The average molecular weight is 182 g/mol. The second-order valence-electron chi connectivity index (χ2n) is 3.06. The molecule has 0 unspecified atom stereocenters. The Morgan fingerprint density at radius 1 is 0.786 bits per heavy atom. The van der Waals surface area contributed by atoms with Gasteiger partial charge in [-0.3, -0.25) is 0 Å². The molecule has 1 N–H and O–H groups in total. The summed E-state index contributed by atoms with van der Waals surface area (Å²) < 4.78 is 0. The molecule has 0 fully saturated rings. The van der Waals surface area contributed by atoms with Gasteiger partial charge in [0.05, 0.1) is 0 Å². The second kappa shape index (κ2) is 4.38. The fourth-order valence-electron chi connectivity index (χ4n) is 1.26. The standard InChI is InChI=1S/C13H11N/c1-2-6-12(7-3-1)9-10-13-8-4-5-11-14-13/h1-11H/p+1/b10-9+. The molecule has 0 spiro atoms. The average Bonchev–Trinajstić information content (AvgIpc) is 2.29. The molecule has 1 heterocycles. The summed E-state index contributed by atoms with van der Waals surface area (Å²) in [6.45, 7) is 0. The number of rotatable bonds is 2. The molecule has 2 rings (SSSR count). The van der Waals surface area contributed by atoms with Crippen molar-refractivity contribution in [2.75, 3.05) is 0 Å². The summed E-state index contributed by atoms with van der Waals surface area (Å²) in [5.74, 6) is 0. The molecule has 68 valence electrons. The zero-order valence-corrected chi connectivity index (χ0v) is 7.85. The number of nitrogens with one attached hydrogen (secondary N) is 1. The van der Waals surface area contributed by atoms with Gasteiger partial charge >= 0.3 is 0 Å². The van der Waals surface area contributed by atoms with E-state index in [1.807, 2.05) is 42.6 Å². The van der Waals surface area contributed by atoms with Crippen molar-refractivity contribution >= 4 is 12.2 Å². The summed E-state index contributed by atoms with van der Waals surface area (Å²) in [6, 6.07) is 16.3. The van der Waals surface area contributed by atoms with E-state index in [0.717, 1.165) is 5.69 Å². The van der Waals surface area contributed by atoms with Crippen molar-refractivity contribution < 1.29 is 4.98 Å². The predicted octanol–water partition coefficient (Wildman–Crippen LogP) is 2.67. The molecule has 0 amide bonds. The molecule has 1 aromatic heterocycles. The Hall–Kier alpha value is -1.89. The topological polar surface area (TPSA) is 14.1 Å². The Morgan fingerprint density at radius 3 is 2.29 bits per heavy atom. The zero-order valence-electron chi connectivity index (χ0n) is 7.85. The van der Waals surface area contributed by atoms with E-state index < -0.39 is 0 Å². The van der Waals surface area contributed by atoms with Crippen LogP contribution < -0.4 is 4.98 Å². The normalized spacial score (nSPS) is 10.6. The molecule has 0 aliphatic rings. The van der Waals surface area contributed by atoms with Crippen LogP contribution in [-0.2, 0) is 0 Å². The second-order valence-corrected chi connectivity index (χ2v) is 3.06. The number of H-pyrrole nitrogens is 1. The van der Waals surface area contributed by atoms with Gasteiger partial charge in [0.25, 0.3) is 0 Å². The Balaban J connectivity index is 2.16. The molecule has 1 aromatic carbocycles. The predicted molar refractivity (Wildman–Crippen MR) is 58.4 cm³/mol. The van der Waals surface area contributed by atoms with E-state index in [9.17, 15) is 0 Å². The van der Waals surface area contributed by atoms with Crippen LogP contribution in [0.1, 0.15) is 11.3 Å². The van der Waals surface area contributed by atoms with Crippen LogP contribution in [0, 0.1) is 0 Å². The Bertz CT molecular complexity index is 362. The third-order valence-corrected chi connectivity index (χ3v) is 1.99. The van der Waals surface area contributed by atoms with Gasteiger partial charge in [0, 0.05) is 18.2 Å². The lowest BCUT2D eigenvalue weighted by Gasteiger charge is -1.89. The van der Waals surface area contributed by atoms with Crippen LogP contribution in [0.5, 0.6) is 0 Å². The minimum Gasteiger partial charge on any atom is -0.212 e. The largest absolute Gasteiger partial charge is 0.212 e. The van der Waals surface area contributed by atoms with Crippen molar-refractivity contribution in [2.45, 2.75) is 0 Å². The summed E-state index contributed by atoms with van der Waals surface area (Å²) in [5.41, 5.74) is 2.32. The highest BCUT2D eigenvalue weighted by Gasteiger charge is 1.90. The molecule has 14 heavy (non-hydrogen) atoms. The van der Waals surface area contributed by atoms with Gasteiger partial charge in [0.15, 0.2) is 6.20 Å². The Morgan fingerprint density at radius 2 is 1.57 bits per heavy atom. The molecule has 1 heteroatoms. The zero-order chi connectivity index (χ0) is 9.64. The van der Waals surface area contributed by atoms with E-state index in [4.69, 9.17) is 0 Å². The van der Waals surface area contributed by atoms with Gasteiger partial charge in [-0.25, -0.2) is 4.98 Å². The van der Waals surface area contributed by atoms with Gasteiger partial charge in [0.2, 0.25) is 5.69 Å². The van der Waals surface area contributed by atoms with Gasteiger partial charge in [-0.15, -0.1) is 0 Å². The highest BCUT2D eigenvalue weighted by atomic mass is 14.6. The lowest BCUT2D eigenvalue weighted by molar-refractivity contribution is -0.380. The maximum Gasteiger partial charge on any atom is 0.203 e. The van der Waals surface area contributed by atoms with Crippen molar-refractivity contribution in [3.05, 3.63) is 66.0 Å². The SMILES string of the molecule is C(=C\c1cccc[nH+]1)/c1ccccc1. The number of aromatic nitrogens is 1. The van der Waals surface area contributed by atoms with Gasteiger partial charge in [-0.1, -0.05) is 30.3 Å². The summed E-state index contributed by atoms with van der Waals surface area (Å²) in [7, 11) is 0. The fraction of sp³-hybridized carbons (Fsp3) is 0. The smallest absolute Gasteiger partial charge is 0.203 e. The first kappa shape index (κ1) is 8.70. The summed E-state index contributed by atoms with van der Waals surface area (Å²) >= 11 is 0. The van der Waals surface area contributed by atoms with Gasteiger partial charge in [-0.2, -0.15) is 0 Å². The maximum atomic E-state index is 3.15. The van der Waals surface area contributed by atoms with E-state index in [1.165, 1.54) is 5.56 Å². The first-order valence-corrected chi connectivity index (χ1v) is 4.65. The highest BCUT2D eigenvalue weighted by Crippen LogP contribution is 2.03. The minimum absolute atomic E-state index is 1.11. The molecular weight excluding hydrogens is 170 g/mol. The lowest BCUT2D eigenvalue weighted by atomic mass is 10.2. The van der Waals surface area contributed by atoms with E-state index in [0.29, 0.717) is 0 Å². The van der Waals surface area contributed by atoms with Gasteiger partial charge in [-0.05, 0) is 17.7 Å². The minimum atomic E-state index is 1.11. The third kappa shape index (κ3) is 2.30. The van der Waals surface area contributed by atoms with E-state index >= 15 is 0 Å². The Kier molecular flexibility index (Phi) is 2.72. The summed E-state index contributed by atoms with van der Waals surface area (Å²) in [4.78, 5) is 3.15. The number of pyridine rings is 1. The van der Waals surface area contributed by atoms with Crippen LogP contribution >= 0.6 is 0 Å². The van der Waals surface area contributed by atoms with Crippen LogP contribution in [0.2, 0.25) is 0 Å². The summed E-state index contributed by atoms with van der Waals surface area (Å²) in [6.07, 6.45) is 6.08. The number of aromatic amines is 1. The molecule has 1 nitrogen and oxygen atoms in total. The van der Waals surface area contributed by atoms with Crippen molar-refractivity contribution in [1.29, 1.82) is 0 Å². The van der Waals surface area contributed by atoms with Crippen molar-refractivity contribution in [1.82, 2.24) is 0 Å². The molecule has 0 aliphatic heterocycles. The molecule has 0 atom stereocenters. The molecule has 2 aromatic rings. The van der Waals surface area contributed by atoms with Crippen molar-refractivity contribution in [2.24, 2.45) is 0 Å². The molecule has 0 saturated carbocycles. The van der Waals surface area contributed by atoms with E-state index in [1.54, 1.807) is 0 Å². The van der Waals surface area contributed by atoms with Crippen LogP contribution in [-0.4, -0.2) is 0 Å². The molecule has 0 saturated heterocycles. The molecule has 0 aliphatic carbocycles. The first-order chi connectivity index (χ1) is 6.95. The fourth-order valence-corrected chi connectivity index (χ4v) is 1.26. The number of benzene rings is 1. The van der Waals surface area contributed by atoms with Crippen molar-refractivity contribution in [3.63, 3.8) is 0 Å². The van der Waals surface area contributed by atoms with Gasteiger partial charge < -0.3 is 0 Å². The summed E-state index contributed by atoms with van der Waals surface area (Å²) in [5, 5.41) is 0. The third-order valence-electron chi connectivity index (χ3n) is 1.99. The number of hydrogen-bond acceptors (Lipinski definition) is 0. The van der Waals surface area contributed by atoms with Crippen LogP contribution in [0.3, 0.4) is 0 Å². The van der Waals surface area contributed by atoms with Crippen LogP contribution in [0.15, 0.2) is 54.7 Å². The lowest BCUT2D eigenvalue weighted by Crippen LogP contribution is -2.03. The Labute approximate surface area is 83.7 Å². The van der Waals surface area contributed by atoms with E-state index in [-0.39, 0.29) is 0 Å². The number of hydrogen-bond donors (Lipinski definition) is 0. The first-order valence-electron chi connectivity index (χ1n) is 4.65. The van der Waals surface area contributed by atoms with Crippen LogP contribution in [0.4, 0.5) is 0 Å². The monoisotopic (exact) mass is 182 g/mol. The molecular formula is C13H12N+. The van der Waals surface area contributed by atoms with Crippen molar-refractivity contribution in [3.8, 4) is 0 Å². The van der Waals surface area contributed by atoms with Gasteiger partial charge in [0.1, 0.15) is 0 Å². The van der Waals surface area contributed by atoms with E-state index in [2.05, 4.69) is 29.3 Å². The quantitative estimate of drug-likeness (QED) is 0.678. The molecule has 0 radical (unpaired) electrons. The molecule has 0 bridgehead atoms.